The number of amides is 1. The number of nitrogens with zero attached hydrogens (tertiary/aromatic N) is 1. The van der Waals surface area contributed by atoms with Crippen molar-refractivity contribution in [3.8, 4) is 17.2 Å². The lowest BCUT2D eigenvalue weighted by molar-refractivity contribution is -0.115. The van der Waals surface area contributed by atoms with Crippen molar-refractivity contribution in [2.24, 2.45) is 4.99 Å². The van der Waals surface area contributed by atoms with E-state index in [9.17, 15) is 9.18 Å². The second-order valence-electron chi connectivity index (χ2n) is 5.38. The lowest BCUT2D eigenvalue weighted by Crippen LogP contribution is -2.19. The molecule has 0 atom stereocenters. The maximum Gasteiger partial charge on any atom is 0.264 e. The summed E-state index contributed by atoms with van der Waals surface area (Å²) in [4.78, 5) is 17.0. The van der Waals surface area contributed by atoms with E-state index >= 15 is 0 Å². The van der Waals surface area contributed by atoms with Crippen LogP contribution in [0.3, 0.4) is 0 Å². The summed E-state index contributed by atoms with van der Waals surface area (Å²) in [6, 6.07) is 9.20. The fraction of sp³-hybridized carbons (Fsp3) is 0.158. The Morgan fingerprint density at radius 3 is 2.33 bits per heavy atom. The first-order chi connectivity index (χ1) is 13.0. The highest BCUT2D eigenvalue weighted by Crippen LogP contribution is 2.41. The van der Waals surface area contributed by atoms with Gasteiger partial charge in [-0.05, 0) is 54.2 Å². The first kappa shape index (κ1) is 18.8. The van der Waals surface area contributed by atoms with Crippen LogP contribution in [0.2, 0.25) is 0 Å². The standard InChI is InChI=1S/C19H17FN2O4S/c1-24-14-9-4-11(16(25-2)17(14)26-3)10-15-18(23)22-19(27-15)21-13-7-5-12(20)6-8-13/h4-10H,1-3H3,(H,21,22,23)/b15-10+. The van der Waals surface area contributed by atoms with Gasteiger partial charge in [-0.25, -0.2) is 9.38 Å². The summed E-state index contributed by atoms with van der Waals surface area (Å²) in [7, 11) is 4.57. The minimum Gasteiger partial charge on any atom is -0.493 e. The van der Waals surface area contributed by atoms with E-state index in [0.717, 1.165) is 0 Å². The number of hydrogen-bond donors (Lipinski definition) is 1. The Morgan fingerprint density at radius 2 is 1.70 bits per heavy atom. The van der Waals surface area contributed by atoms with Gasteiger partial charge in [0.15, 0.2) is 16.7 Å². The summed E-state index contributed by atoms with van der Waals surface area (Å²) < 4.78 is 29.0. The zero-order valence-corrected chi connectivity index (χ0v) is 15.7. The predicted octanol–water partition coefficient (Wildman–Crippen LogP) is 3.74. The number of rotatable bonds is 5. The Morgan fingerprint density at radius 1 is 1.00 bits per heavy atom. The van der Waals surface area contributed by atoms with E-state index in [1.54, 1.807) is 18.2 Å². The van der Waals surface area contributed by atoms with Gasteiger partial charge in [0.05, 0.1) is 31.9 Å². The predicted molar refractivity (Wildman–Crippen MR) is 103 cm³/mol. The van der Waals surface area contributed by atoms with Gasteiger partial charge in [0.2, 0.25) is 5.75 Å². The van der Waals surface area contributed by atoms with E-state index in [1.807, 2.05) is 0 Å². The van der Waals surface area contributed by atoms with Gasteiger partial charge in [-0.1, -0.05) is 0 Å². The molecular weight excluding hydrogens is 371 g/mol. The molecule has 0 spiro atoms. The van der Waals surface area contributed by atoms with Crippen LogP contribution in [0.4, 0.5) is 10.1 Å². The van der Waals surface area contributed by atoms with Crippen LogP contribution in [-0.4, -0.2) is 32.4 Å². The first-order valence-corrected chi connectivity index (χ1v) is 8.71. The quantitative estimate of drug-likeness (QED) is 0.790. The van der Waals surface area contributed by atoms with Gasteiger partial charge < -0.3 is 19.5 Å². The molecule has 2 aromatic carbocycles. The van der Waals surface area contributed by atoms with Crippen molar-refractivity contribution in [1.29, 1.82) is 0 Å². The fourth-order valence-electron chi connectivity index (χ4n) is 2.49. The highest BCUT2D eigenvalue weighted by molar-refractivity contribution is 8.18. The van der Waals surface area contributed by atoms with Gasteiger partial charge in [-0.3, -0.25) is 4.79 Å². The number of thioether (sulfide) groups is 1. The molecule has 1 heterocycles. The molecule has 1 amide bonds. The fourth-order valence-corrected chi connectivity index (χ4v) is 3.33. The normalized spacial score (nSPS) is 16.5. The molecule has 0 radical (unpaired) electrons. The molecule has 0 unspecified atom stereocenters. The first-order valence-electron chi connectivity index (χ1n) is 7.90. The monoisotopic (exact) mass is 388 g/mol. The van der Waals surface area contributed by atoms with Crippen LogP contribution in [-0.2, 0) is 4.79 Å². The highest BCUT2D eigenvalue weighted by atomic mass is 32.2. The van der Waals surface area contributed by atoms with Crippen molar-refractivity contribution in [2.45, 2.75) is 0 Å². The SMILES string of the molecule is COc1ccc(/C=C2/SC(=Nc3ccc(F)cc3)NC2=O)c(OC)c1OC. The number of carbonyl (C=O) groups excluding carboxylic acids is 1. The number of hydrogen-bond acceptors (Lipinski definition) is 6. The Balaban J connectivity index is 1.92. The van der Waals surface area contributed by atoms with Crippen LogP contribution >= 0.6 is 11.8 Å². The zero-order valence-electron chi connectivity index (χ0n) is 14.9. The van der Waals surface area contributed by atoms with Crippen molar-refractivity contribution in [3.05, 3.63) is 52.7 Å². The van der Waals surface area contributed by atoms with E-state index in [0.29, 0.717) is 38.6 Å². The molecular formula is C19H17FN2O4S. The lowest BCUT2D eigenvalue weighted by atomic mass is 10.1. The van der Waals surface area contributed by atoms with Crippen LogP contribution in [0, 0.1) is 5.82 Å². The Hall–Kier alpha value is -3.00. The van der Waals surface area contributed by atoms with Crippen molar-refractivity contribution < 1.29 is 23.4 Å². The van der Waals surface area contributed by atoms with Crippen LogP contribution in [0.1, 0.15) is 5.56 Å². The number of benzene rings is 2. The summed E-state index contributed by atoms with van der Waals surface area (Å²) in [6.07, 6.45) is 1.69. The Labute approximate surface area is 160 Å². The van der Waals surface area contributed by atoms with Gasteiger partial charge in [0, 0.05) is 5.56 Å². The van der Waals surface area contributed by atoms with Crippen molar-refractivity contribution >= 4 is 34.6 Å². The topological polar surface area (TPSA) is 69.2 Å². The average Bonchev–Trinajstić information content (AvgIpc) is 3.01. The third kappa shape index (κ3) is 4.06. The van der Waals surface area contributed by atoms with Crippen LogP contribution in [0.25, 0.3) is 6.08 Å². The molecule has 1 fully saturated rings. The Kier molecular flexibility index (Phi) is 5.66. The van der Waals surface area contributed by atoms with Gasteiger partial charge in [0.1, 0.15) is 5.82 Å². The molecule has 6 nitrogen and oxygen atoms in total. The smallest absolute Gasteiger partial charge is 0.264 e. The summed E-state index contributed by atoms with van der Waals surface area (Å²) in [5, 5.41) is 3.11. The summed E-state index contributed by atoms with van der Waals surface area (Å²) >= 11 is 1.18. The lowest BCUT2D eigenvalue weighted by Gasteiger charge is -2.14. The third-order valence-electron chi connectivity index (χ3n) is 3.73. The average molecular weight is 388 g/mol. The minimum absolute atomic E-state index is 0.280. The molecule has 0 saturated carbocycles. The molecule has 0 aliphatic carbocycles. The zero-order chi connectivity index (χ0) is 19.4. The van der Waals surface area contributed by atoms with E-state index < -0.39 is 0 Å². The molecule has 140 valence electrons. The molecule has 1 aliphatic rings. The molecule has 2 aromatic rings. The molecule has 0 aromatic heterocycles. The summed E-state index contributed by atoms with van der Waals surface area (Å²) in [5.74, 6) is 0.805. The number of aliphatic imine (C=N–C) groups is 1. The molecule has 1 saturated heterocycles. The molecule has 1 aliphatic heterocycles. The summed E-state index contributed by atoms with van der Waals surface area (Å²) in [5.41, 5.74) is 1.21. The Bertz CT molecular complexity index is 926. The third-order valence-corrected chi connectivity index (χ3v) is 4.64. The number of amidine groups is 1. The van der Waals surface area contributed by atoms with Gasteiger partial charge in [0.25, 0.3) is 5.91 Å². The minimum atomic E-state index is -0.344. The molecule has 0 bridgehead atoms. The number of methoxy groups -OCH3 is 3. The van der Waals surface area contributed by atoms with Gasteiger partial charge in [-0.15, -0.1) is 0 Å². The van der Waals surface area contributed by atoms with E-state index in [2.05, 4.69) is 10.3 Å². The second kappa shape index (κ2) is 8.13. The molecule has 3 rings (SSSR count). The number of ether oxygens (including phenoxy) is 3. The van der Waals surface area contributed by atoms with Crippen molar-refractivity contribution in [2.75, 3.05) is 21.3 Å². The molecule has 1 N–H and O–H groups in total. The van der Waals surface area contributed by atoms with Crippen LogP contribution in [0.15, 0.2) is 46.3 Å². The van der Waals surface area contributed by atoms with Crippen LogP contribution in [0.5, 0.6) is 17.2 Å². The largest absolute Gasteiger partial charge is 0.493 e. The van der Waals surface area contributed by atoms with Crippen molar-refractivity contribution in [1.82, 2.24) is 5.32 Å². The number of nitrogens with one attached hydrogen (secondary N) is 1. The number of halogens is 1. The van der Waals surface area contributed by atoms with E-state index in [4.69, 9.17) is 14.2 Å². The van der Waals surface area contributed by atoms with Crippen LogP contribution < -0.4 is 19.5 Å². The van der Waals surface area contributed by atoms with Gasteiger partial charge >= 0.3 is 0 Å². The maximum atomic E-state index is 13.0. The van der Waals surface area contributed by atoms with Crippen molar-refractivity contribution in [3.63, 3.8) is 0 Å². The van der Waals surface area contributed by atoms with E-state index in [-0.39, 0.29) is 11.7 Å². The van der Waals surface area contributed by atoms with E-state index in [1.165, 1.54) is 57.4 Å². The second-order valence-corrected chi connectivity index (χ2v) is 6.41. The molecule has 27 heavy (non-hydrogen) atoms. The highest BCUT2D eigenvalue weighted by Gasteiger charge is 2.25. The summed E-state index contributed by atoms with van der Waals surface area (Å²) in [6.45, 7) is 0. The maximum absolute atomic E-state index is 13.0. The number of carbonyl (C=O) groups is 1. The molecule has 8 heteroatoms. The van der Waals surface area contributed by atoms with Gasteiger partial charge in [-0.2, -0.15) is 0 Å².